The normalized spacial score (nSPS) is 22.5. The highest BCUT2D eigenvalue weighted by Crippen LogP contribution is 2.65. The van der Waals surface area contributed by atoms with Crippen molar-refractivity contribution < 1.29 is 13.5 Å². The zero-order chi connectivity index (χ0) is 8.48. The Hall–Kier alpha value is -0.460. The summed E-state index contributed by atoms with van der Waals surface area (Å²) in [6, 6.07) is -0.272. The predicted octanol–water partition coefficient (Wildman–Crippen LogP) is 0.835. The van der Waals surface area contributed by atoms with E-state index in [4.69, 9.17) is 8.67 Å². The molecule has 5 nitrogen and oxygen atoms in total. The van der Waals surface area contributed by atoms with Crippen molar-refractivity contribution in [2.45, 2.75) is 19.1 Å². The van der Waals surface area contributed by atoms with Crippen LogP contribution in [-0.4, -0.2) is 18.3 Å². The van der Waals surface area contributed by atoms with E-state index in [0.29, 0.717) is 0 Å². The van der Waals surface area contributed by atoms with E-state index < -0.39 is 10.8 Å². The summed E-state index contributed by atoms with van der Waals surface area (Å²) < 4.78 is 12.1. The van der Waals surface area contributed by atoms with Gasteiger partial charge in [0.2, 0.25) is 0 Å². The Morgan fingerprint density at radius 1 is 1.45 bits per heavy atom. The summed E-state index contributed by atoms with van der Waals surface area (Å²) in [6.07, 6.45) is 0. The Morgan fingerprint density at radius 3 is 2.27 bits per heavy atom. The first-order chi connectivity index (χ1) is 5.10. The van der Waals surface area contributed by atoms with Gasteiger partial charge in [-0.15, -0.1) is 0 Å². The molecular weight excluding hydrogens is 168 g/mol. The van der Waals surface area contributed by atoms with Gasteiger partial charge in [-0.2, -0.15) is 0 Å². The van der Waals surface area contributed by atoms with Crippen molar-refractivity contribution in [1.29, 1.82) is 0 Å². The van der Waals surface area contributed by atoms with E-state index in [0.717, 1.165) is 0 Å². The number of nitrogens with one attached hydrogen (secondary N) is 2. The van der Waals surface area contributed by atoms with Gasteiger partial charge in [-0.05, 0) is 24.6 Å². The highest BCUT2D eigenvalue weighted by Gasteiger charge is 2.43. The third kappa shape index (κ3) is 1.76. The molecule has 0 atom stereocenters. The van der Waals surface area contributed by atoms with Crippen LogP contribution in [-0.2, 0) is 8.67 Å². The molecule has 0 aromatic carbocycles. The largest absolute Gasteiger partial charge is 0.340 e. The first-order valence-electron chi connectivity index (χ1n) is 3.30. The van der Waals surface area contributed by atoms with Crippen LogP contribution >= 0.6 is 10.8 Å². The SMILES string of the molecule is CNC(=O)NS1(C(C)C)OO1. The molecule has 2 N–H and O–H groups in total. The van der Waals surface area contributed by atoms with E-state index in [-0.39, 0.29) is 11.3 Å². The Labute approximate surface area is 67.2 Å². The molecule has 1 fully saturated rings. The second kappa shape index (κ2) is 2.88. The monoisotopic (exact) mass is 180 g/mol. The van der Waals surface area contributed by atoms with Crippen LogP contribution in [0.2, 0.25) is 0 Å². The number of hydrogen-bond acceptors (Lipinski definition) is 3. The lowest BCUT2D eigenvalue weighted by molar-refractivity contribution is 0.0850. The van der Waals surface area contributed by atoms with Crippen LogP contribution in [0.1, 0.15) is 13.8 Å². The molecule has 0 radical (unpaired) electrons. The maximum Gasteiger partial charge on any atom is 0.332 e. The smallest absolute Gasteiger partial charge is 0.332 e. The molecule has 1 aliphatic rings. The highest BCUT2D eigenvalue weighted by atomic mass is 32.3. The molecule has 0 aromatic heterocycles. The van der Waals surface area contributed by atoms with Crippen molar-refractivity contribution in [3.8, 4) is 0 Å². The number of amides is 2. The van der Waals surface area contributed by atoms with Crippen LogP contribution in [0, 0.1) is 0 Å². The number of carbonyl (C=O) groups is 1. The summed E-state index contributed by atoms with van der Waals surface area (Å²) in [5.41, 5.74) is 0. The van der Waals surface area contributed by atoms with Crippen LogP contribution in [0.4, 0.5) is 4.79 Å². The summed E-state index contributed by atoms with van der Waals surface area (Å²) in [5, 5.41) is 2.61. The quantitative estimate of drug-likeness (QED) is 0.488. The molecule has 0 aromatic rings. The van der Waals surface area contributed by atoms with Gasteiger partial charge < -0.3 is 5.32 Å². The molecule has 0 bridgehead atoms. The van der Waals surface area contributed by atoms with Gasteiger partial charge in [-0.3, -0.25) is 0 Å². The van der Waals surface area contributed by atoms with Crippen molar-refractivity contribution in [1.82, 2.24) is 10.0 Å². The molecule has 0 aliphatic carbocycles. The number of urea groups is 1. The van der Waals surface area contributed by atoms with E-state index in [9.17, 15) is 4.79 Å². The molecule has 1 rings (SSSR count). The van der Waals surface area contributed by atoms with Crippen molar-refractivity contribution >= 4 is 16.8 Å². The van der Waals surface area contributed by atoms with Gasteiger partial charge in [0.05, 0.1) is 5.25 Å². The Kier molecular flexibility index (Phi) is 2.26. The van der Waals surface area contributed by atoms with E-state index in [1.54, 1.807) is 7.05 Å². The topological polar surface area (TPSA) is 66.2 Å². The van der Waals surface area contributed by atoms with Crippen LogP contribution in [0.25, 0.3) is 0 Å². The number of rotatable bonds is 2. The van der Waals surface area contributed by atoms with Gasteiger partial charge in [0, 0.05) is 7.05 Å². The maximum atomic E-state index is 10.8. The van der Waals surface area contributed by atoms with Gasteiger partial charge in [0.15, 0.2) is 0 Å². The summed E-state index contributed by atoms with van der Waals surface area (Å²) in [6.45, 7) is 3.86. The second-order valence-electron chi connectivity index (χ2n) is 2.41. The zero-order valence-electron chi connectivity index (χ0n) is 6.71. The third-order valence-electron chi connectivity index (χ3n) is 1.30. The zero-order valence-corrected chi connectivity index (χ0v) is 7.53. The standard InChI is InChI=1S/C5H12N2O3S/c1-4(2)11(9-10-11)7-5(8)6-3/h4H,1-3H3,(H2,6,7,8). The summed E-state index contributed by atoms with van der Waals surface area (Å²) in [7, 11) is -0.175. The lowest BCUT2D eigenvalue weighted by Crippen LogP contribution is -2.33. The summed E-state index contributed by atoms with van der Waals surface area (Å²) in [4.78, 5) is 10.8. The molecule has 0 spiro atoms. The fourth-order valence-electron chi connectivity index (χ4n) is 0.519. The van der Waals surface area contributed by atoms with Crippen LogP contribution in [0.3, 0.4) is 0 Å². The first-order valence-corrected chi connectivity index (χ1v) is 4.84. The molecule has 11 heavy (non-hydrogen) atoms. The van der Waals surface area contributed by atoms with Gasteiger partial charge in [0.25, 0.3) is 0 Å². The van der Waals surface area contributed by atoms with Gasteiger partial charge in [-0.1, -0.05) is 8.67 Å². The summed E-state index contributed by atoms with van der Waals surface area (Å²) >= 11 is 0. The van der Waals surface area contributed by atoms with E-state index in [1.165, 1.54) is 0 Å². The molecule has 0 unspecified atom stereocenters. The molecule has 1 saturated heterocycles. The minimum atomic E-state index is -1.72. The second-order valence-corrected chi connectivity index (χ2v) is 4.92. The third-order valence-corrected chi connectivity index (χ3v) is 3.44. The molecular formula is C5H12N2O3S. The average Bonchev–Trinajstić information content (AvgIpc) is 2.69. The minimum Gasteiger partial charge on any atom is -0.340 e. The molecule has 1 aliphatic heterocycles. The van der Waals surface area contributed by atoms with Gasteiger partial charge in [0.1, 0.15) is 0 Å². The fraction of sp³-hybridized carbons (Fsp3) is 0.800. The highest BCUT2D eigenvalue weighted by molar-refractivity contribution is 8.28. The Morgan fingerprint density at radius 2 is 2.00 bits per heavy atom. The minimum absolute atomic E-state index is 0.180. The average molecular weight is 180 g/mol. The summed E-state index contributed by atoms with van der Waals surface area (Å²) in [5.74, 6) is 0. The van der Waals surface area contributed by atoms with Crippen molar-refractivity contribution in [2.24, 2.45) is 0 Å². The van der Waals surface area contributed by atoms with Gasteiger partial charge in [-0.25, -0.2) is 9.52 Å². The van der Waals surface area contributed by atoms with Crippen LogP contribution < -0.4 is 10.0 Å². The van der Waals surface area contributed by atoms with Crippen LogP contribution in [0.5, 0.6) is 0 Å². The fourth-order valence-corrected chi connectivity index (χ4v) is 1.74. The number of hydrogen-bond donors (Lipinski definition) is 2. The molecule has 2 amide bonds. The first kappa shape index (κ1) is 8.63. The van der Waals surface area contributed by atoms with Crippen molar-refractivity contribution in [2.75, 3.05) is 7.05 Å². The van der Waals surface area contributed by atoms with Crippen LogP contribution in [0.15, 0.2) is 0 Å². The predicted molar refractivity (Wildman–Crippen MR) is 42.5 cm³/mol. The Balaban J connectivity index is 2.41. The van der Waals surface area contributed by atoms with E-state index >= 15 is 0 Å². The lowest BCUT2D eigenvalue weighted by atomic mass is 10.6. The molecule has 1 heterocycles. The van der Waals surface area contributed by atoms with E-state index in [1.807, 2.05) is 13.8 Å². The molecule has 6 heteroatoms. The van der Waals surface area contributed by atoms with Crippen molar-refractivity contribution in [3.63, 3.8) is 0 Å². The lowest BCUT2D eigenvalue weighted by Gasteiger charge is -2.19. The molecule has 0 saturated carbocycles. The van der Waals surface area contributed by atoms with Crippen molar-refractivity contribution in [3.05, 3.63) is 0 Å². The van der Waals surface area contributed by atoms with Gasteiger partial charge >= 0.3 is 6.03 Å². The maximum absolute atomic E-state index is 10.8. The Bertz CT molecular complexity index is 169. The number of carbonyl (C=O) groups excluding carboxylic acids is 1. The van der Waals surface area contributed by atoms with E-state index in [2.05, 4.69) is 10.0 Å². The molecule has 66 valence electrons.